The van der Waals surface area contributed by atoms with E-state index in [1.54, 1.807) is 23.1 Å². The first-order chi connectivity index (χ1) is 12.0. The van der Waals surface area contributed by atoms with E-state index in [2.05, 4.69) is 5.32 Å². The zero-order valence-corrected chi connectivity index (χ0v) is 17.2. The fraction of sp³-hybridized carbons (Fsp3) is 0.556. The fourth-order valence-corrected chi connectivity index (χ4v) is 3.83. The molecule has 0 bridgehead atoms. The first-order valence-electron chi connectivity index (χ1n) is 8.70. The van der Waals surface area contributed by atoms with Crippen molar-refractivity contribution < 1.29 is 9.59 Å². The molecule has 1 aromatic rings. The molecule has 8 heteroatoms. The Labute approximate surface area is 171 Å². The Morgan fingerprint density at radius 2 is 2.04 bits per heavy atom. The summed E-state index contributed by atoms with van der Waals surface area (Å²) in [4.78, 5) is 26.9. The third-order valence-corrected chi connectivity index (χ3v) is 5.17. The topological polar surface area (TPSA) is 75.4 Å². The summed E-state index contributed by atoms with van der Waals surface area (Å²) < 4.78 is 0. The Kier molecular flexibility index (Phi) is 9.72. The molecule has 0 aliphatic heterocycles. The van der Waals surface area contributed by atoms with Crippen LogP contribution >= 0.6 is 35.6 Å². The Balaban J connectivity index is 0.00000338. The number of anilines is 1. The number of nitrogens with one attached hydrogen (secondary N) is 1. The number of rotatable bonds is 7. The maximum absolute atomic E-state index is 12.9. The molecule has 0 unspecified atom stereocenters. The molecule has 1 aliphatic carbocycles. The van der Waals surface area contributed by atoms with Crippen molar-refractivity contribution in [2.45, 2.75) is 32.6 Å². The molecule has 0 aromatic heterocycles. The van der Waals surface area contributed by atoms with Crippen LogP contribution in [0.5, 0.6) is 0 Å². The second kappa shape index (κ2) is 11.0. The average molecular weight is 423 g/mol. The highest BCUT2D eigenvalue weighted by Crippen LogP contribution is 2.32. The van der Waals surface area contributed by atoms with E-state index in [-0.39, 0.29) is 42.6 Å². The first-order valence-corrected chi connectivity index (χ1v) is 9.45. The van der Waals surface area contributed by atoms with Gasteiger partial charge >= 0.3 is 0 Å². The van der Waals surface area contributed by atoms with Gasteiger partial charge in [-0.1, -0.05) is 36.5 Å². The highest BCUT2D eigenvalue weighted by atomic mass is 35.5. The predicted octanol–water partition coefficient (Wildman–Crippen LogP) is 3.97. The quantitative estimate of drug-likeness (QED) is 0.698. The van der Waals surface area contributed by atoms with E-state index in [0.717, 1.165) is 25.7 Å². The molecule has 0 heterocycles. The van der Waals surface area contributed by atoms with Crippen molar-refractivity contribution in [3.05, 3.63) is 28.2 Å². The molecular formula is C18H26Cl3N3O2. The number of benzene rings is 1. The lowest BCUT2D eigenvalue weighted by Gasteiger charge is -2.27. The lowest BCUT2D eigenvalue weighted by molar-refractivity contribution is -0.139. The standard InChI is InChI=1S/C18H25Cl2N3O2.ClH/c1-2-8-23(18(25)14-5-3-4-12(14)10-21)11-17(24)22-16-7-6-13(19)9-15(16)20;/h6-7,9,12,14H,2-5,8,10-11,21H2,1H3,(H,22,24);1H/t12-,14-;/m1./s1. The number of nitrogens with zero attached hydrogens (tertiary/aromatic N) is 1. The lowest BCUT2D eigenvalue weighted by Crippen LogP contribution is -2.43. The summed E-state index contributed by atoms with van der Waals surface area (Å²) in [5, 5.41) is 3.62. The van der Waals surface area contributed by atoms with Gasteiger partial charge in [0.15, 0.2) is 0 Å². The number of amides is 2. The molecule has 1 saturated carbocycles. The normalized spacial score (nSPS) is 18.9. The number of hydrogen-bond acceptors (Lipinski definition) is 3. The minimum Gasteiger partial charge on any atom is -0.333 e. The molecule has 0 radical (unpaired) electrons. The zero-order valence-electron chi connectivity index (χ0n) is 14.8. The van der Waals surface area contributed by atoms with Crippen LogP contribution in [0.3, 0.4) is 0 Å². The molecule has 2 atom stereocenters. The van der Waals surface area contributed by atoms with Gasteiger partial charge in [0.1, 0.15) is 0 Å². The molecule has 2 amide bonds. The highest BCUT2D eigenvalue weighted by molar-refractivity contribution is 6.36. The van der Waals surface area contributed by atoms with Gasteiger partial charge in [-0.25, -0.2) is 0 Å². The van der Waals surface area contributed by atoms with Crippen molar-refractivity contribution in [2.75, 3.05) is 25.0 Å². The van der Waals surface area contributed by atoms with Crippen LogP contribution in [0.2, 0.25) is 10.0 Å². The summed E-state index contributed by atoms with van der Waals surface area (Å²) in [7, 11) is 0. The third-order valence-electron chi connectivity index (χ3n) is 4.62. The van der Waals surface area contributed by atoms with Crippen LogP contribution in [0.25, 0.3) is 0 Å². The van der Waals surface area contributed by atoms with Gasteiger partial charge < -0.3 is 16.0 Å². The monoisotopic (exact) mass is 421 g/mol. The van der Waals surface area contributed by atoms with Gasteiger partial charge in [0, 0.05) is 17.5 Å². The maximum atomic E-state index is 12.9. The molecule has 5 nitrogen and oxygen atoms in total. The SMILES string of the molecule is CCCN(CC(=O)Nc1ccc(Cl)cc1Cl)C(=O)[C@@H]1CCC[C@@H]1CN.Cl. The van der Waals surface area contributed by atoms with Crippen LogP contribution in [-0.2, 0) is 9.59 Å². The largest absolute Gasteiger partial charge is 0.333 e. The van der Waals surface area contributed by atoms with E-state index in [1.807, 2.05) is 6.92 Å². The van der Waals surface area contributed by atoms with Gasteiger partial charge in [-0.3, -0.25) is 9.59 Å². The molecule has 146 valence electrons. The van der Waals surface area contributed by atoms with E-state index in [1.165, 1.54) is 0 Å². The smallest absolute Gasteiger partial charge is 0.244 e. The molecule has 2 rings (SSSR count). The maximum Gasteiger partial charge on any atom is 0.244 e. The molecule has 3 N–H and O–H groups in total. The summed E-state index contributed by atoms with van der Waals surface area (Å²) in [6.07, 6.45) is 3.65. The third kappa shape index (κ3) is 6.02. The first kappa shape index (κ1) is 23.0. The Morgan fingerprint density at radius 1 is 1.31 bits per heavy atom. The van der Waals surface area contributed by atoms with Crippen LogP contribution in [0.4, 0.5) is 5.69 Å². The summed E-state index contributed by atoms with van der Waals surface area (Å²) in [6.45, 7) is 3.07. The second-order valence-electron chi connectivity index (χ2n) is 6.47. The van der Waals surface area contributed by atoms with Crippen LogP contribution in [0, 0.1) is 11.8 Å². The van der Waals surface area contributed by atoms with Gasteiger partial charge in [-0.15, -0.1) is 12.4 Å². The van der Waals surface area contributed by atoms with Crippen LogP contribution in [-0.4, -0.2) is 36.3 Å². The van der Waals surface area contributed by atoms with E-state index in [9.17, 15) is 9.59 Å². The van der Waals surface area contributed by atoms with Gasteiger partial charge in [-0.2, -0.15) is 0 Å². The number of carbonyl (C=O) groups excluding carboxylic acids is 2. The van der Waals surface area contributed by atoms with E-state index >= 15 is 0 Å². The lowest BCUT2D eigenvalue weighted by atomic mass is 9.94. The van der Waals surface area contributed by atoms with Crippen LogP contribution < -0.4 is 11.1 Å². The van der Waals surface area contributed by atoms with Crippen molar-refractivity contribution in [1.82, 2.24) is 4.90 Å². The van der Waals surface area contributed by atoms with Crippen LogP contribution in [0.15, 0.2) is 18.2 Å². The number of hydrogen-bond donors (Lipinski definition) is 2. The summed E-state index contributed by atoms with van der Waals surface area (Å²) in [6, 6.07) is 4.87. The summed E-state index contributed by atoms with van der Waals surface area (Å²) >= 11 is 11.9. The molecule has 1 fully saturated rings. The van der Waals surface area contributed by atoms with E-state index in [4.69, 9.17) is 28.9 Å². The Bertz CT molecular complexity index is 628. The minimum atomic E-state index is -0.270. The van der Waals surface area contributed by atoms with Gasteiger partial charge in [0.25, 0.3) is 0 Å². The number of halogens is 3. The van der Waals surface area contributed by atoms with Crippen molar-refractivity contribution in [1.29, 1.82) is 0 Å². The molecule has 0 spiro atoms. The second-order valence-corrected chi connectivity index (χ2v) is 7.31. The zero-order chi connectivity index (χ0) is 18.4. The summed E-state index contributed by atoms with van der Waals surface area (Å²) in [5.41, 5.74) is 6.28. The van der Waals surface area contributed by atoms with Crippen molar-refractivity contribution in [3.8, 4) is 0 Å². The van der Waals surface area contributed by atoms with E-state index in [0.29, 0.717) is 28.8 Å². The van der Waals surface area contributed by atoms with Gasteiger partial charge in [0.2, 0.25) is 11.8 Å². The number of carbonyl (C=O) groups is 2. The minimum absolute atomic E-state index is 0. The van der Waals surface area contributed by atoms with Gasteiger partial charge in [0.05, 0.1) is 17.3 Å². The molecule has 26 heavy (non-hydrogen) atoms. The average Bonchev–Trinajstić information content (AvgIpc) is 3.05. The van der Waals surface area contributed by atoms with Crippen molar-refractivity contribution in [2.24, 2.45) is 17.6 Å². The van der Waals surface area contributed by atoms with Crippen molar-refractivity contribution >= 4 is 53.1 Å². The summed E-state index contributed by atoms with van der Waals surface area (Å²) in [5.74, 6) is -0.0791. The van der Waals surface area contributed by atoms with Gasteiger partial charge in [-0.05, 0) is 49.9 Å². The van der Waals surface area contributed by atoms with E-state index < -0.39 is 0 Å². The molecule has 1 aliphatic rings. The highest BCUT2D eigenvalue weighted by Gasteiger charge is 2.35. The van der Waals surface area contributed by atoms with Crippen LogP contribution in [0.1, 0.15) is 32.6 Å². The Hall–Kier alpha value is -1.01. The molecule has 1 aromatic carbocycles. The number of nitrogens with two attached hydrogens (primary N) is 1. The molecule has 0 saturated heterocycles. The fourth-order valence-electron chi connectivity index (χ4n) is 3.37. The molecular weight excluding hydrogens is 397 g/mol. The predicted molar refractivity (Wildman–Crippen MR) is 109 cm³/mol. The Morgan fingerprint density at radius 3 is 2.65 bits per heavy atom. The van der Waals surface area contributed by atoms with Crippen molar-refractivity contribution in [3.63, 3.8) is 0 Å².